The van der Waals surface area contributed by atoms with Crippen LogP contribution in [0.15, 0.2) is 36.5 Å². The van der Waals surface area contributed by atoms with Crippen LogP contribution < -0.4 is 10.1 Å². The van der Waals surface area contributed by atoms with Crippen LogP contribution in [-0.4, -0.2) is 61.3 Å². The van der Waals surface area contributed by atoms with Crippen molar-refractivity contribution in [2.45, 2.75) is 12.8 Å². The van der Waals surface area contributed by atoms with E-state index in [0.717, 1.165) is 10.9 Å². The number of methoxy groups -OCH3 is 1. The minimum absolute atomic E-state index is 0.0634. The summed E-state index contributed by atoms with van der Waals surface area (Å²) in [5.41, 5.74) is 2.08. The predicted octanol–water partition coefficient (Wildman–Crippen LogP) is 3.33. The summed E-state index contributed by atoms with van der Waals surface area (Å²) < 4.78 is 7.12. The van der Waals surface area contributed by atoms with Gasteiger partial charge in [-0.3, -0.25) is 9.89 Å². The molecule has 0 saturated heterocycles. The van der Waals surface area contributed by atoms with Gasteiger partial charge in [-0.15, -0.1) is 5.10 Å². The molecule has 0 aliphatic heterocycles. The summed E-state index contributed by atoms with van der Waals surface area (Å²) in [6.07, 6.45) is 2.57. The van der Waals surface area contributed by atoms with Gasteiger partial charge in [0.1, 0.15) is 5.75 Å². The summed E-state index contributed by atoms with van der Waals surface area (Å²) in [4.78, 5) is 17.6. The number of carbonyl (C=O) groups is 1. The number of nitrogens with one attached hydrogen (secondary N) is 2. The van der Waals surface area contributed by atoms with Gasteiger partial charge in [-0.05, 0) is 37.1 Å². The quantitative estimate of drug-likeness (QED) is 0.272. The fourth-order valence-electron chi connectivity index (χ4n) is 4.55. The number of ketones is 1. The van der Waals surface area contributed by atoms with Crippen LogP contribution >= 0.6 is 11.6 Å². The van der Waals surface area contributed by atoms with Crippen molar-refractivity contribution in [3.8, 4) is 17.1 Å². The molecule has 1 saturated carbocycles. The molecule has 0 amide bonds. The zero-order chi connectivity index (χ0) is 24.7. The molecule has 2 aromatic heterocycles. The van der Waals surface area contributed by atoms with E-state index in [-0.39, 0.29) is 24.9 Å². The first-order chi connectivity index (χ1) is 16.9. The Bertz CT molecular complexity index is 1400. The zero-order valence-electron chi connectivity index (χ0n) is 19.2. The first-order valence-electron chi connectivity index (χ1n) is 11.1. The lowest BCUT2D eigenvalue weighted by atomic mass is 9.61. The fraction of sp³-hybridized carbons (Fsp3) is 0.333. The smallest absolute Gasteiger partial charge is 0.225 e. The number of benzene rings is 2. The van der Waals surface area contributed by atoms with Crippen LogP contribution in [0.25, 0.3) is 22.3 Å². The van der Waals surface area contributed by atoms with E-state index in [9.17, 15) is 15.0 Å². The molecule has 1 fully saturated rings. The van der Waals surface area contributed by atoms with Crippen molar-refractivity contribution >= 4 is 39.9 Å². The van der Waals surface area contributed by atoms with Crippen LogP contribution in [0.1, 0.15) is 23.2 Å². The molecule has 5 rings (SSSR count). The maximum atomic E-state index is 13.0. The van der Waals surface area contributed by atoms with Crippen LogP contribution in [0.5, 0.6) is 5.75 Å². The van der Waals surface area contributed by atoms with Crippen LogP contribution in [0.2, 0.25) is 5.02 Å². The normalized spacial score (nSPS) is 15.2. The standard InChI is InChI=1S/C24H25ClN6O4/c1-31-23(27-18-6-5-17-16(20(18)25)10-26-29-17)28-22(30-31)13-3-4-15(19(7-13)35-2)21(34)14-8-24(9-14,11-32)12-33/h3-7,10,14,32-33H,8-9,11-12H2,1-2H3,(H,26,29)(H,27,28,30). The highest BCUT2D eigenvalue weighted by molar-refractivity contribution is 6.38. The number of aryl methyl sites for hydroxylation is 1. The second-order valence-electron chi connectivity index (χ2n) is 8.97. The Morgan fingerprint density at radius 2 is 2.06 bits per heavy atom. The van der Waals surface area contributed by atoms with Crippen molar-refractivity contribution in [1.29, 1.82) is 0 Å². The lowest BCUT2D eigenvalue weighted by Crippen LogP contribution is -2.46. The first-order valence-corrected chi connectivity index (χ1v) is 11.5. The fourth-order valence-corrected chi connectivity index (χ4v) is 4.81. The van der Waals surface area contributed by atoms with Gasteiger partial charge in [0, 0.05) is 29.3 Å². The second kappa shape index (κ2) is 8.95. The highest BCUT2D eigenvalue weighted by Gasteiger charge is 2.47. The summed E-state index contributed by atoms with van der Waals surface area (Å²) in [5, 5.41) is 34.9. The number of hydrogen-bond acceptors (Lipinski definition) is 8. The number of aromatic amines is 1. The molecule has 4 N–H and O–H groups in total. The Morgan fingerprint density at radius 1 is 1.29 bits per heavy atom. The number of halogens is 1. The monoisotopic (exact) mass is 496 g/mol. The van der Waals surface area contributed by atoms with E-state index in [4.69, 9.17) is 16.3 Å². The van der Waals surface area contributed by atoms with Gasteiger partial charge in [-0.25, -0.2) is 4.68 Å². The van der Waals surface area contributed by atoms with Crippen molar-refractivity contribution in [3.05, 3.63) is 47.1 Å². The van der Waals surface area contributed by atoms with Gasteiger partial charge in [-0.2, -0.15) is 10.1 Å². The Kier molecular flexibility index (Phi) is 5.96. The molecule has 1 aliphatic rings. The van der Waals surface area contributed by atoms with E-state index in [1.165, 1.54) is 7.11 Å². The molecule has 0 unspecified atom stereocenters. The molecule has 0 bridgehead atoms. The topological polar surface area (TPSA) is 138 Å². The van der Waals surface area contributed by atoms with Crippen LogP contribution in [-0.2, 0) is 7.05 Å². The minimum Gasteiger partial charge on any atom is -0.496 e. The van der Waals surface area contributed by atoms with Gasteiger partial charge in [-0.1, -0.05) is 17.7 Å². The minimum atomic E-state index is -0.570. The molecule has 1 aliphatic carbocycles. The summed E-state index contributed by atoms with van der Waals surface area (Å²) >= 11 is 6.52. The molecule has 10 nitrogen and oxygen atoms in total. The van der Waals surface area contributed by atoms with Crippen molar-refractivity contribution in [1.82, 2.24) is 25.0 Å². The van der Waals surface area contributed by atoms with Crippen LogP contribution in [0, 0.1) is 11.3 Å². The third-order valence-corrected chi connectivity index (χ3v) is 7.10. The molecule has 2 heterocycles. The average Bonchev–Trinajstić information content (AvgIpc) is 3.47. The van der Waals surface area contributed by atoms with Gasteiger partial charge in [0.25, 0.3) is 0 Å². The van der Waals surface area contributed by atoms with Gasteiger partial charge in [0.15, 0.2) is 11.6 Å². The number of rotatable bonds is 8. The summed E-state index contributed by atoms with van der Waals surface area (Å²) in [7, 11) is 3.28. The number of Topliss-reactive ketones (excluding diaryl/α,β-unsaturated/α-hetero) is 1. The maximum Gasteiger partial charge on any atom is 0.225 e. The number of anilines is 2. The number of aliphatic hydroxyl groups excluding tert-OH is 2. The Balaban J connectivity index is 1.38. The summed E-state index contributed by atoms with van der Waals surface area (Å²) in [6.45, 7) is -0.265. The molecule has 2 aromatic carbocycles. The highest BCUT2D eigenvalue weighted by Crippen LogP contribution is 2.47. The average molecular weight is 497 g/mol. The zero-order valence-corrected chi connectivity index (χ0v) is 20.0. The number of nitrogens with zero attached hydrogens (tertiary/aromatic N) is 4. The third kappa shape index (κ3) is 4.03. The van der Waals surface area contributed by atoms with Crippen LogP contribution in [0.3, 0.4) is 0 Å². The van der Waals surface area contributed by atoms with Crippen molar-refractivity contribution in [3.63, 3.8) is 0 Å². The van der Waals surface area contributed by atoms with Gasteiger partial charge >= 0.3 is 0 Å². The third-order valence-electron chi connectivity index (χ3n) is 6.69. The number of ether oxygens (including phenoxy) is 1. The lowest BCUT2D eigenvalue weighted by Gasteiger charge is -2.44. The molecule has 182 valence electrons. The molecule has 0 spiro atoms. The number of aromatic nitrogens is 5. The number of hydrogen-bond donors (Lipinski definition) is 4. The first kappa shape index (κ1) is 23.3. The van der Waals surface area contributed by atoms with Crippen molar-refractivity contribution in [2.24, 2.45) is 18.4 Å². The van der Waals surface area contributed by atoms with Gasteiger partial charge < -0.3 is 20.3 Å². The lowest BCUT2D eigenvalue weighted by molar-refractivity contribution is -0.0391. The van der Waals surface area contributed by atoms with Crippen LogP contribution in [0.4, 0.5) is 11.6 Å². The molecule has 11 heteroatoms. The largest absolute Gasteiger partial charge is 0.496 e. The number of H-pyrrole nitrogens is 1. The Morgan fingerprint density at radius 3 is 2.77 bits per heavy atom. The number of aliphatic hydroxyl groups is 2. The number of carbonyl (C=O) groups excluding carboxylic acids is 1. The SMILES string of the molecule is COc1cc(-c2nc(Nc3ccc4[nH]ncc4c3Cl)n(C)n2)ccc1C(=O)C1CC(CO)(CO)C1. The summed E-state index contributed by atoms with van der Waals surface area (Å²) in [6, 6.07) is 8.94. The molecule has 4 aromatic rings. The van der Waals surface area contributed by atoms with Gasteiger partial charge in [0.2, 0.25) is 5.95 Å². The van der Waals surface area contributed by atoms with E-state index in [1.54, 1.807) is 36.1 Å². The predicted molar refractivity (Wildman–Crippen MR) is 131 cm³/mol. The van der Waals surface area contributed by atoms with E-state index in [1.807, 2.05) is 12.1 Å². The van der Waals surface area contributed by atoms with E-state index in [2.05, 4.69) is 25.6 Å². The van der Waals surface area contributed by atoms with Crippen molar-refractivity contribution < 1.29 is 19.7 Å². The second-order valence-corrected chi connectivity index (χ2v) is 9.34. The Labute approximate surface area is 205 Å². The highest BCUT2D eigenvalue weighted by atomic mass is 35.5. The molecule has 35 heavy (non-hydrogen) atoms. The molecule has 0 radical (unpaired) electrons. The molecule has 0 atom stereocenters. The van der Waals surface area contributed by atoms with E-state index >= 15 is 0 Å². The Hall–Kier alpha value is -3.47. The van der Waals surface area contributed by atoms with Gasteiger partial charge in [0.05, 0.1) is 48.3 Å². The van der Waals surface area contributed by atoms with E-state index < -0.39 is 5.41 Å². The summed E-state index contributed by atoms with van der Waals surface area (Å²) in [5.74, 6) is 1.05. The van der Waals surface area contributed by atoms with Crippen molar-refractivity contribution in [2.75, 3.05) is 25.6 Å². The van der Waals surface area contributed by atoms with E-state index in [0.29, 0.717) is 52.2 Å². The molecular weight excluding hydrogens is 472 g/mol. The maximum absolute atomic E-state index is 13.0. The molecular formula is C24H25ClN6O4. The number of fused-ring (bicyclic) bond motifs is 1.